The summed E-state index contributed by atoms with van der Waals surface area (Å²) < 4.78 is 85.8. The largest absolute Gasteiger partial charge is 0.416 e. The van der Waals surface area contributed by atoms with E-state index in [9.17, 15) is 36.9 Å². The number of hydrogen-bond donors (Lipinski definition) is 0. The third-order valence-electron chi connectivity index (χ3n) is 10.4. The highest BCUT2D eigenvalue weighted by atomic mass is 19.4. The molecule has 9 aromatic rings. The maximum Gasteiger partial charge on any atom is 0.416 e. The predicted octanol–water partition coefficient (Wildman–Crippen LogP) is 13.1. The number of fused-ring (bicyclic) bond motifs is 3. The first kappa shape index (κ1) is 38.4. The standard InChI is InChI=1S/C49H26F6N6/c50-48(51,52)36-17-13-31(14-18-36)38-25-35(47-59-45(33-7-3-1-4-8-33)58-46(60-47)34-9-5-2-6-10-34)26-39(32-15-19-37(20-16-32)49(53,54)55)44(38)61-42-21-11-29(27-56)23-40(42)41-24-30(28-57)12-22-43(41)61/h1-26H. The average Bonchev–Trinajstić information content (AvgIpc) is 3.60. The summed E-state index contributed by atoms with van der Waals surface area (Å²) in [6, 6.07) is 45.5. The molecule has 2 aromatic heterocycles. The molecule has 61 heavy (non-hydrogen) atoms. The summed E-state index contributed by atoms with van der Waals surface area (Å²) in [6.07, 6.45) is -9.27. The van der Waals surface area contributed by atoms with Gasteiger partial charge in [-0.3, -0.25) is 0 Å². The molecular formula is C49H26F6N6. The Morgan fingerprint density at radius 2 is 0.787 bits per heavy atom. The first-order valence-electron chi connectivity index (χ1n) is 18.7. The normalized spacial score (nSPS) is 11.7. The monoisotopic (exact) mass is 812 g/mol. The molecule has 0 spiro atoms. The summed E-state index contributed by atoms with van der Waals surface area (Å²) in [5, 5.41) is 21.0. The second kappa shape index (κ2) is 14.9. The van der Waals surface area contributed by atoms with E-state index in [1.165, 1.54) is 24.3 Å². The minimum Gasteiger partial charge on any atom is -0.308 e. The third-order valence-corrected chi connectivity index (χ3v) is 10.4. The van der Waals surface area contributed by atoms with Crippen molar-refractivity contribution < 1.29 is 26.3 Å². The van der Waals surface area contributed by atoms with E-state index in [1.807, 2.05) is 65.2 Å². The predicted molar refractivity (Wildman–Crippen MR) is 221 cm³/mol. The summed E-state index contributed by atoms with van der Waals surface area (Å²) in [5.41, 5.74) is 3.69. The van der Waals surface area contributed by atoms with Gasteiger partial charge in [0.2, 0.25) is 0 Å². The van der Waals surface area contributed by atoms with Crippen LogP contribution < -0.4 is 0 Å². The van der Waals surface area contributed by atoms with Crippen LogP contribution in [0, 0.1) is 22.7 Å². The number of nitrogens with zero attached hydrogens (tertiary/aromatic N) is 6. The highest BCUT2D eigenvalue weighted by Crippen LogP contribution is 2.45. The zero-order valence-electron chi connectivity index (χ0n) is 31.5. The quantitative estimate of drug-likeness (QED) is 0.156. The van der Waals surface area contributed by atoms with Gasteiger partial charge in [0.15, 0.2) is 17.5 Å². The van der Waals surface area contributed by atoms with Gasteiger partial charge < -0.3 is 4.57 Å². The molecule has 6 nitrogen and oxygen atoms in total. The molecule has 0 saturated heterocycles. The molecule has 0 saturated carbocycles. The van der Waals surface area contributed by atoms with Crippen LogP contribution in [0.15, 0.2) is 158 Å². The molecule has 9 rings (SSSR count). The Labute approximate surface area is 343 Å². The van der Waals surface area contributed by atoms with Gasteiger partial charge >= 0.3 is 12.4 Å². The Morgan fingerprint density at radius 3 is 1.15 bits per heavy atom. The van der Waals surface area contributed by atoms with Gasteiger partial charge in [-0.25, -0.2) is 15.0 Å². The van der Waals surface area contributed by atoms with Crippen LogP contribution in [0.1, 0.15) is 22.3 Å². The van der Waals surface area contributed by atoms with Gasteiger partial charge in [0.25, 0.3) is 0 Å². The van der Waals surface area contributed by atoms with Crippen LogP contribution in [0.25, 0.3) is 83.9 Å². The van der Waals surface area contributed by atoms with E-state index in [0.29, 0.717) is 89.2 Å². The second-order valence-electron chi connectivity index (χ2n) is 14.1. The van der Waals surface area contributed by atoms with Crippen molar-refractivity contribution in [3.63, 3.8) is 0 Å². The number of hydrogen-bond acceptors (Lipinski definition) is 5. The van der Waals surface area contributed by atoms with Crippen molar-refractivity contribution in [2.24, 2.45) is 0 Å². The fraction of sp³-hybridized carbons (Fsp3) is 0.0408. The van der Waals surface area contributed by atoms with Crippen LogP contribution in [0.4, 0.5) is 26.3 Å². The van der Waals surface area contributed by atoms with Crippen molar-refractivity contribution in [1.29, 1.82) is 10.5 Å². The lowest BCUT2D eigenvalue weighted by molar-refractivity contribution is -0.138. The Kier molecular flexibility index (Phi) is 9.41. The fourth-order valence-electron chi connectivity index (χ4n) is 7.46. The number of alkyl halides is 6. The Balaban J connectivity index is 1.43. The van der Waals surface area contributed by atoms with E-state index in [0.717, 1.165) is 24.3 Å². The van der Waals surface area contributed by atoms with Crippen molar-refractivity contribution in [2.45, 2.75) is 12.4 Å². The van der Waals surface area contributed by atoms with E-state index in [1.54, 1.807) is 48.5 Å². The number of halogens is 6. The van der Waals surface area contributed by atoms with Crippen LogP contribution in [-0.2, 0) is 12.4 Å². The summed E-state index contributed by atoms with van der Waals surface area (Å²) in [6.45, 7) is 0. The maximum absolute atomic E-state index is 14.0. The molecule has 12 heteroatoms. The van der Waals surface area contributed by atoms with Gasteiger partial charge in [0.1, 0.15) is 0 Å². The minimum absolute atomic E-state index is 0.195. The highest BCUT2D eigenvalue weighted by Gasteiger charge is 2.32. The lowest BCUT2D eigenvalue weighted by Crippen LogP contribution is -2.06. The minimum atomic E-state index is -4.63. The van der Waals surface area contributed by atoms with Gasteiger partial charge in [0, 0.05) is 38.6 Å². The molecule has 0 aliphatic heterocycles. The first-order valence-corrected chi connectivity index (χ1v) is 18.7. The molecule has 294 valence electrons. The molecule has 0 radical (unpaired) electrons. The van der Waals surface area contributed by atoms with Crippen molar-refractivity contribution in [2.75, 3.05) is 0 Å². The number of rotatable bonds is 6. The van der Waals surface area contributed by atoms with E-state index in [-0.39, 0.29) is 5.82 Å². The number of benzene rings is 7. The van der Waals surface area contributed by atoms with Crippen LogP contribution in [0.2, 0.25) is 0 Å². The van der Waals surface area contributed by atoms with Gasteiger partial charge in [0.05, 0.1) is 51.1 Å². The highest BCUT2D eigenvalue weighted by molar-refractivity contribution is 6.11. The summed E-state index contributed by atoms with van der Waals surface area (Å²) >= 11 is 0. The topological polar surface area (TPSA) is 91.2 Å². The third kappa shape index (κ3) is 7.21. The zero-order chi connectivity index (χ0) is 42.5. The van der Waals surface area contributed by atoms with Gasteiger partial charge in [-0.2, -0.15) is 36.9 Å². The lowest BCUT2D eigenvalue weighted by Gasteiger charge is -2.21. The molecule has 7 aromatic carbocycles. The second-order valence-corrected chi connectivity index (χ2v) is 14.1. The smallest absolute Gasteiger partial charge is 0.308 e. The Morgan fingerprint density at radius 1 is 0.410 bits per heavy atom. The molecule has 0 aliphatic rings. The molecule has 0 bridgehead atoms. The van der Waals surface area contributed by atoms with E-state index in [4.69, 9.17) is 15.0 Å². The van der Waals surface area contributed by atoms with Crippen LogP contribution in [0.5, 0.6) is 0 Å². The molecule has 0 amide bonds. The Hall–Kier alpha value is -8.09. The van der Waals surface area contributed by atoms with Crippen LogP contribution >= 0.6 is 0 Å². The van der Waals surface area contributed by atoms with Gasteiger partial charge in [-0.1, -0.05) is 84.9 Å². The van der Waals surface area contributed by atoms with E-state index >= 15 is 0 Å². The summed E-state index contributed by atoms with van der Waals surface area (Å²) in [7, 11) is 0. The van der Waals surface area contributed by atoms with Crippen molar-refractivity contribution >= 4 is 21.8 Å². The molecule has 2 heterocycles. The maximum atomic E-state index is 14.0. The molecule has 0 aliphatic carbocycles. The van der Waals surface area contributed by atoms with Crippen LogP contribution in [0.3, 0.4) is 0 Å². The van der Waals surface area contributed by atoms with E-state index < -0.39 is 23.5 Å². The van der Waals surface area contributed by atoms with E-state index in [2.05, 4.69) is 12.1 Å². The molecule has 0 atom stereocenters. The average molecular weight is 813 g/mol. The van der Waals surface area contributed by atoms with Crippen molar-refractivity contribution in [3.05, 3.63) is 180 Å². The summed E-state index contributed by atoms with van der Waals surface area (Å²) in [4.78, 5) is 14.6. The molecule has 0 fully saturated rings. The zero-order valence-corrected chi connectivity index (χ0v) is 31.5. The fourth-order valence-corrected chi connectivity index (χ4v) is 7.46. The molecule has 0 N–H and O–H groups in total. The lowest BCUT2D eigenvalue weighted by atomic mass is 9.91. The Bertz CT molecular complexity index is 3010. The number of aromatic nitrogens is 4. The summed E-state index contributed by atoms with van der Waals surface area (Å²) in [5.74, 6) is 0.870. The van der Waals surface area contributed by atoms with Crippen molar-refractivity contribution in [3.8, 4) is 74.2 Å². The first-order chi connectivity index (χ1) is 29.4. The van der Waals surface area contributed by atoms with Gasteiger partial charge in [-0.05, 0) is 83.9 Å². The van der Waals surface area contributed by atoms with Gasteiger partial charge in [-0.15, -0.1) is 0 Å². The van der Waals surface area contributed by atoms with Crippen molar-refractivity contribution in [1.82, 2.24) is 19.5 Å². The SMILES string of the molecule is N#Cc1ccc2c(c1)c1cc(C#N)ccc1n2-c1c(-c2ccc(C(F)(F)F)cc2)cc(-c2nc(-c3ccccc3)nc(-c3ccccc3)n2)cc1-c1ccc(C(F)(F)F)cc1. The molecular weight excluding hydrogens is 787 g/mol. The van der Waals surface area contributed by atoms with Crippen LogP contribution in [-0.4, -0.2) is 19.5 Å². The molecule has 0 unspecified atom stereocenters. The number of nitriles is 2.